The number of benzene rings is 2. The number of nitrogens with zero attached hydrogens (tertiary/aromatic N) is 2. The highest BCUT2D eigenvalue weighted by molar-refractivity contribution is 7.87. The van der Waals surface area contributed by atoms with Gasteiger partial charge in [-0.2, -0.15) is 18.2 Å². The molecule has 0 saturated carbocycles. The zero-order valence-electron chi connectivity index (χ0n) is 16.0. The summed E-state index contributed by atoms with van der Waals surface area (Å²) >= 11 is 5.94. The molecule has 0 radical (unpaired) electrons. The topological polar surface area (TPSA) is 105 Å². The van der Waals surface area contributed by atoms with Crippen LogP contribution in [0.1, 0.15) is 23.0 Å². The molecule has 8 nitrogen and oxygen atoms in total. The van der Waals surface area contributed by atoms with E-state index in [1.165, 1.54) is 18.2 Å². The largest absolute Gasteiger partial charge is 0.461 e. The maximum Gasteiger partial charge on any atom is 0.362 e. The highest BCUT2D eigenvalue weighted by Gasteiger charge is 2.26. The van der Waals surface area contributed by atoms with E-state index in [1.807, 2.05) is 6.92 Å². The van der Waals surface area contributed by atoms with Crippen LogP contribution in [0.5, 0.6) is 5.75 Å². The van der Waals surface area contributed by atoms with Crippen molar-refractivity contribution in [1.82, 2.24) is 9.78 Å². The van der Waals surface area contributed by atoms with Crippen LogP contribution in [0.25, 0.3) is 5.69 Å². The van der Waals surface area contributed by atoms with Crippen LogP contribution in [0.2, 0.25) is 5.02 Å². The smallest absolute Gasteiger partial charge is 0.362 e. The van der Waals surface area contributed by atoms with Crippen molar-refractivity contribution in [1.29, 1.82) is 0 Å². The van der Waals surface area contributed by atoms with Crippen LogP contribution in [0, 0.1) is 6.92 Å². The third-order valence-corrected chi connectivity index (χ3v) is 5.68. The van der Waals surface area contributed by atoms with Crippen LogP contribution in [0.3, 0.4) is 0 Å². The summed E-state index contributed by atoms with van der Waals surface area (Å²) in [5.74, 6) is -1.50. The third kappa shape index (κ3) is 4.52. The lowest BCUT2D eigenvalue weighted by Crippen LogP contribution is -2.26. The molecule has 0 aliphatic carbocycles. The Morgan fingerprint density at radius 2 is 1.80 bits per heavy atom. The Morgan fingerprint density at radius 1 is 1.13 bits per heavy atom. The van der Waals surface area contributed by atoms with E-state index < -0.39 is 33.1 Å². The molecule has 3 rings (SSSR count). The molecule has 10 heteroatoms. The molecular formula is C20H17ClN2O6S. The van der Waals surface area contributed by atoms with E-state index in [0.29, 0.717) is 5.69 Å². The molecule has 0 saturated heterocycles. The van der Waals surface area contributed by atoms with E-state index in [9.17, 15) is 18.0 Å². The van der Waals surface area contributed by atoms with Crippen molar-refractivity contribution in [3.8, 4) is 11.4 Å². The van der Waals surface area contributed by atoms with E-state index in [2.05, 4.69) is 5.10 Å². The second-order valence-electron chi connectivity index (χ2n) is 6.13. The molecule has 0 spiro atoms. The SMILES string of the molecule is CCOC(=O)c1nn(-c2ccc(C)cc2)c(=O)cc1OS(=O)(=O)c1ccccc1Cl. The van der Waals surface area contributed by atoms with Crippen molar-refractivity contribution in [3.63, 3.8) is 0 Å². The van der Waals surface area contributed by atoms with Crippen molar-refractivity contribution in [2.24, 2.45) is 0 Å². The van der Waals surface area contributed by atoms with Gasteiger partial charge in [0.2, 0.25) is 5.69 Å². The van der Waals surface area contributed by atoms with Crippen molar-refractivity contribution < 1.29 is 22.1 Å². The first-order chi connectivity index (χ1) is 14.2. The molecular weight excluding hydrogens is 432 g/mol. The summed E-state index contributed by atoms with van der Waals surface area (Å²) in [4.78, 5) is 24.7. The Hall–Kier alpha value is -3.17. The molecule has 156 valence electrons. The first-order valence-corrected chi connectivity index (χ1v) is 10.6. The molecule has 0 amide bonds. The number of carbonyl (C=O) groups is 1. The van der Waals surface area contributed by atoms with E-state index in [-0.39, 0.29) is 16.5 Å². The van der Waals surface area contributed by atoms with Gasteiger partial charge in [-0.1, -0.05) is 41.4 Å². The van der Waals surface area contributed by atoms with E-state index in [0.717, 1.165) is 16.3 Å². The van der Waals surface area contributed by atoms with Crippen LogP contribution >= 0.6 is 11.6 Å². The fourth-order valence-electron chi connectivity index (χ4n) is 2.53. The first kappa shape index (κ1) is 21.5. The Balaban J connectivity index is 2.13. The van der Waals surface area contributed by atoms with Crippen LogP contribution in [0.15, 0.2) is 64.3 Å². The minimum atomic E-state index is -4.44. The highest BCUT2D eigenvalue weighted by atomic mass is 35.5. The zero-order chi connectivity index (χ0) is 21.9. The van der Waals surface area contributed by atoms with Crippen molar-refractivity contribution in [2.45, 2.75) is 18.7 Å². The van der Waals surface area contributed by atoms with Gasteiger partial charge in [0.1, 0.15) is 4.90 Å². The van der Waals surface area contributed by atoms with Crippen LogP contribution in [0.4, 0.5) is 0 Å². The van der Waals surface area contributed by atoms with Gasteiger partial charge in [-0.15, -0.1) is 0 Å². The highest BCUT2D eigenvalue weighted by Crippen LogP contribution is 2.26. The molecule has 3 aromatic rings. The molecule has 0 bridgehead atoms. The van der Waals surface area contributed by atoms with Gasteiger partial charge >= 0.3 is 16.1 Å². The molecule has 0 unspecified atom stereocenters. The van der Waals surface area contributed by atoms with Crippen molar-refractivity contribution in [3.05, 3.63) is 81.2 Å². The summed E-state index contributed by atoms with van der Waals surface area (Å²) in [6, 6.07) is 13.3. The zero-order valence-corrected chi connectivity index (χ0v) is 17.6. The third-order valence-electron chi connectivity index (χ3n) is 3.95. The molecule has 1 heterocycles. The predicted octanol–water partition coefficient (Wildman–Crippen LogP) is 3.14. The number of hydrogen-bond donors (Lipinski definition) is 0. The van der Waals surface area contributed by atoms with Crippen molar-refractivity contribution in [2.75, 3.05) is 6.61 Å². The number of hydrogen-bond acceptors (Lipinski definition) is 7. The van der Waals surface area contributed by atoms with E-state index in [1.54, 1.807) is 37.3 Å². The maximum absolute atomic E-state index is 12.7. The van der Waals surface area contributed by atoms with Crippen LogP contribution in [-0.4, -0.2) is 30.8 Å². The molecule has 0 fully saturated rings. The number of halogens is 1. The Labute approximate surface area is 177 Å². The standard InChI is InChI=1S/C20H17ClN2O6S/c1-3-28-20(25)19-16(29-30(26,27)17-7-5-4-6-15(17)21)12-18(24)23(22-19)14-10-8-13(2)9-11-14/h4-12H,3H2,1-2H3. The summed E-state index contributed by atoms with van der Waals surface area (Å²) in [5.41, 5.74) is 0.184. The summed E-state index contributed by atoms with van der Waals surface area (Å²) < 4.78 is 36.3. The Bertz CT molecular complexity index is 1250. The second-order valence-corrected chi connectivity index (χ2v) is 8.05. The van der Waals surface area contributed by atoms with Crippen molar-refractivity contribution >= 4 is 27.7 Å². The van der Waals surface area contributed by atoms with Gasteiger partial charge in [0.25, 0.3) is 5.56 Å². The van der Waals surface area contributed by atoms with Gasteiger partial charge in [-0.3, -0.25) is 4.79 Å². The quantitative estimate of drug-likeness (QED) is 0.421. The average Bonchev–Trinajstić information content (AvgIpc) is 2.69. The normalized spacial score (nSPS) is 11.2. The summed E-state index contributed by atoms with van der Waals surface area (Å²) in [6.45, 7) is 3.47. The second kappa shape index (κ2) is 8.68. The molecule has 0 atom stereocenters. The lowest BCUT2D eigenvalue weighted by atomic mass is 10.2. The fraction of sp³-hybridized carbons (Fsp3) is 0.150. The van der Waals surface area contributed by atoms with Gasteiger partial charge < -0.3 is 8.92 Å². The lowest BCUT2D eigenvalue weighted by molar-refractivity contribution is 0.0515. The Kier molecular flexibility index (Phi) is 6.23. The van der Waals surface area contributed by atoms with Gasteiger partial charge in [0.15, 0.2) is 5.75 Å². The summed E-state index contributed by atoms with van der Waals surface area (Å²) in [5, 5.41) is 3.93. The molecule has 30 heavy (non-hydrogen) atoms. The molecule has 0 aliphatic rings. The van der Waals surface area contributed by atoms with Gasteiger partial charge in [-0.05, 0) is 38.1 Å². The Morgan fingerprint density at radius 3 is 2.43 bits per heavy atom. The fourth-order valence-corrected chi connectivity index (χ4v) is 3.95. The summed E-state index contributed by atoms with van der Waals surface area (Å²) in [7, 11) is -4.44. The summed E-state index contributed by atoms with van der Waals surface area (Å²) in [6.07, 6.45) is 0. The first-order valence-electron chi connectivity index (χ1n) is 8.80. The lowest BCUT2D eigenvalue weighted by Gasteiger charge is -2.13. The monoisotopic (exact) mass is 448 g/mol. The number of esters is 1. The number of aryl methyl sites for hydroxylation is 1. The van der Waals surface area contributed by atoms with E-state index >= 15 is 0 Å². The molecule has 2 aromatic carbocycles. The predicted molar refractivity (Wildman–Crippen MR) is 110 cm³/mol. The van der Waals surface area contributed by atoms with Crippen LogP contribution < -0.4 is 9.74 Å². The number of aromatic nitrogens is 2. The molecule has 0 N–H and O–H groups in total. The minimum Gasteiger partial charge on any atom is -0.461 e. The number of carbonyl (C=O) groups excluding carboxylic acids is 1. The van der Waals surface area contributed by atoms with Gasteiger partial charge in [-0.25, -0.2) is 4.79 Å². The van der Waals surface area contributed by atoms with E-state index in [4.69, 9.17) is 20.5 Å². The number of ether oxygens (including phenoxy) is 1. The minimum absolute atomic E-state index is 0.0148. The molecule has 0 aliphatic heterocycles. The van der Waals surface area contributed by atoms with Gasteiger partial charge in [0.05, 0.1) is 23.4 Å². The maximum atomic E-state index is 12.7. The average molecular weight is 449 g/mol. The molecule has 1 aromatic heterocycles. The van der Waals surface area contributed by atoms with Crippen LogP contribution in [-0.2, 0) is 14.9 Å². The van der Waals surface area contributed by atoms with Gasteiger partial charge in [0, 0.05) is 0 Å². The number of rotatable bonds is 6.